The van der Waals surface area contributed by atoms with Crippen LogP contribution in [0.25, 0.3) is 0 Å². The highest BCUT2D eigenvalue weighted by Crippen LogP contribution is 2.29. The van der Waals surface area contributed by atoms with E-state index >= 15 is 0 Å². The predicted molar refractivity (Wildman–Crippen MR) is 142 cm³/mol. The van der Waals surface area contributed by atoms with Crippen LogP contribution in [0.4, 0.5) is 0 Å². The van der Waals surface area contributed by atoms with Crippen LogP contribution < -0.4 is 0 Å². The summed E-state index contributed by atoms with van der Waals surface area (Å²) in [7, 11) is 0. The molecular formula is C31H49N. The van der Waals surface area contributed by atoms with E-state index in [4.69, 9.17) is 0 Å². The first kappa shape index (κ1) is 26.7. The number of rotatable bonds is 17. The van der Waals surface area contributed by atoms with Crippen molar-refractivity contribution >= 4 is 0 Å². The third-order valence-corrected chi connectivity index (χ3v) is 6.55. The highest BCUT2D eigenvalue weighted by molar-refractivity contribution is 5.31. The quantitative estimate of drug-likeness (QED) is 0.224. The Balaban J connectivity index is 2.02. The van der Waals surface area contributed by atoms with Crippen LogP contribution in [-0.4, -0.2) is 18.0 Å². The van der Waals surface area contributed by atoms with E-state index in [1.807, 2.05) is 0 Å². The molecule has 0 saturated carbocycles. The van der Waals surface area contributed by atoms with Gasteiger partial charge in [0.1, 0.15) is 0 Å². The van der Waals surface area contributed by atoms with Crippen molar-refractivity contribution in [3.05, 3.63) is 71.8 Å². The molecule has 0 spiro atoms. The van der Waals surface area contributed by atoms with E-state index in [1.165, 1.54) is 88.4 Å². The van der Waals surface area contributed by atoms with Crippen LogP contribution in [0, 0.1) is 11.8 Å². The lowest BCUT2D eigenvalue weighted by Crippen LogP contribution is -2.31. The van der Waals surface area contributed by atoms with Crippen LogP contribution in [-0.2, 0) is 0 Å². The number of hydrogen-bond acceptors (Lipinski definition) is 1. The Morgan fingerprint density at radius 2 is 0.875 bits per heavy atom. The third-order valence-electron chi connectivity index (χ3n) is 6.55. The highest BCUT2D eigenvalue weighted by Gasteiger charge is 2.21. The standard InChI is InChI=1S/C31H49N/c1-27(2)19-11-5-7-17-25-32(26-18-8-6-12-20-28(3)4)31(29-21-13-9-14-22-29)30-23-15-10-16-24-30/h9-10,13-16,21-24,27-28,31H,5-8,11-12,17-20,25-26H2,1-4H3. The predicted octanol–water partition coefficient (Wildman–Crippen LogP) is 9.29. The number of unbranched alkanes of at least 4 members (excludes halogenated alkanes) is 6. The van der Waals surface area contributed by atoms with Crippen molar-refractivity contribution < 1.29 is 0 Å². The van der Waals surface area contributed by atoms with E-state index in [-0.39, 0.29) is 0 Å². The van der Waals surface area contributed by atoms with Gasteiger partial charge in [-0.05, 0) is 48.9 Å². The Kier molecular flexibility index (Phi) is 13.4. The molecule has 0 radical (unpaired) electrons. The van der Waals surface area contributed by atoms with Gasteiger partial charge in [-0.2, -0.15) is 0 Å². The van der Waals surface area contributed by atoms with Gasteiger partial charge in [0, 0.05) is 0 Å². The molecule has 0 unspecified atom stereocenters. The Bertz CT molecular complexity index is 617. The summed E-state index contributed by atoms with van der Waals surface area (Å²) >= 11 is 0. The van der Waals surface area contributed by atoms with Gasteiger partial charge in [-0.15, -0.1) is 0 Å². The molecule has 0 N–H and O–H groups in total. The maximum absolute atomic E-state index is 2.77. The van der Waals surface area contributed by atoms with Gasteiger partial charge in [0.05, 0.1) is 6.04 Å². The van der Waals surface area contributed by atoms with Crippen molar-refractivity contribution in [3.63, 3.8) is 0 Å². The zero-order valence-corrected chi connectivity index (χ0v) is 21.4. The van der Waals surface area contributed by atoms with Crippen molar-refractivity contribution in [2.75, 3.05) is 13.1 Å². The molecule has 2 rings (SSSR count). The summed E-state index contributed by atoms with van der Waals surface area (Å²) in [5, 5.41) is 0. The van der Waals surface area contributed by atoms with E-state index < -0.39 is 0 Å². The second-order valence-electron chi connectivity index (χ2n) is 10.5. The van der Waals surface area contributed by atoms with E-state index in [0.29, 0.717) is 6.04 Å². The summed E-state index contributed by atoms with van der Waals surface area (Å²) in [5.74, 6) is 1.67. The molecule has 0 heterocycles. The first-order chi connectivity index (χ1) is 15.6. The fourth-order valence-corrected chi connectivity index (χ4v) is 4.70. The minimum atomic E-state index is 0.365. The summed E-state index contributed by atoms with van der Waals surface area (Å²) < 4.78 is 0. The zero-order valence-electron chi connectivity index (χ0n) is 21.4. The van der Waals surface area contributed by atoms with Gasteiger partial charge in [-0.1, -0.05) is 140 Å². The molecule has 32 heavy (non-hydrogen) atoms. The van der Waals surface area contributed by atoms with E-state index in [2.05, 4.69) is 93.3 Å². The van der Waals surface area contributed by atoms with Crippen LogP contribution in [0.5, 0.6) is 0 Å². The Morgan fingerprint density at radius 1 is 0.500 bits per heavy atom. The van der Waals surface area contributed by atoms with Gasteiger partial charge in [0.25, 0.3) is 0 Å². The summed E-state index contributed by atoms with van der Waals surface area (Å²) in [5.41, 5.74) is 2.86. The van der Waals surface area contributed by atoms with Gasteiger partial charge in [0.2, 0.25) is 0 Å². The van der Waals surface area contributed by atoms with Crippen molar-refractivity contribution in [2.45, 2.75) is 97.9 Å². The zero-order chi connectivity index (χ0) is 23.0. The van der Waals surface area contributed by atoms with Gasteiger partial charge < -0.3 is 0 Å². The summed E-state index contributed by atoms with van der Waals surface area (Å²) in [6.07, 6.45) is 13.6. The maximum atomic E-state index is 2.77. The molecule has 0 aliphatic carbocycles. The van der Waals surface area contributed by atoms with Gasteiger partial charge in [-0.25, -0.2) is 0 Å². The van der Waals surface area contributed by atoms with Gasteiger partial charge >= 0.3 is 0 Å². The normalized spacial score (nSPS) is 11.9. The average Bonchev–Trinajstić information content (AvgIpc) is 2.79. The molecule has 178 valence electrons. The monoisotopic (exact) mass is 435 g/mol. The second kappa shape index (κ2) is 16.1. The Morgan fingerprint density at radius 3 is 1.25 bits per heavy atom. The second-order valence-corrected chi connectivity index (χ2v) is 10.5. The van der Waals surface area contributed by atoms with Crippen LogP contribution in [0.2, 0.25) is 0 Å². The summed E-state index contributed by atoms with van der Waals surface area (Å²) in [4.78, 5) is 2.77. The fraction of sp³-hybridized carbons (Fsp3) is 0.613. The molecule has 0 saturated heterocycles. The third kappa shape index (κ3) is 10.8. The van der Waals surface area contributed by atoms with E-state index in [1.54, 1.807) is 0 Å². The number of hydrogen-bond donors (Lipinski definition) is 0. The molecular weight excluding hydrogens is 386 g/mol. The topological polar surface area (TPSA) is 3.24 Å². The Hall–Kier alpha value is -1.60. The molecule has 0 atom stereocenters. The van der Waals surface area contributed by atoms with Crippen molar-refractivity contribution in [1.82, 2.24) is 4.90 Å². The van der Waals surface area contributed by atoms with Crippen LogP contribution >= 0.6 is 0 Å². The minimum Gasteiger partial charge on any atom is -0.292 e. The molecule has 0 amide bonds. The molecule has 2 aromatic rings. The maximum Gasteiger partial charge on any atom is 0.0601 e. The lowest BCUT2D eigenvalue weighted by Gasteiger charge is -2.33. The molecule has 0 aliphatic heterocycles. The lowest BCUT2D eigenvalue weighted by atomic mass is 9.96. The minimum absolute atomic E-state index is 0.365. The fourth-order valence-electron chi connectivity index (χ4n) is 4.70. The van der Waals surface area contributed by atoms with Crippen LogP contribution in [0.15, 0.2) is 60.7 Å². The smallest absolute Gasteiger partial charge is 0.0601 e. The van der Waals surface area contributed by atoms with Gasteiger partial charge in [-0.3, -0.25) is 4.90 Å². The first-order valence-corrected chi connectivity index (χ1v) is 13.4. The van der Waals surface area contributed by atoms with E-state index in [0.717, 1.165) is 11.8 Å². The molecule has 0 aromatic heterocycles. The van der Waals surface area contributed by atoms with Crippen LogP contribution in [0.3, 0.4) is 0 Å². The molecule has 1 heteroatoms. The largest absolute Gasteiger partial charge is 0.292 e. The average molecular weight is 436 g/mol. The molecule has 2 aromatic carbocycles. The van der Waals surface area contributed by atoms with Crippen molar-refractivity contribution in [3.8, 4) is 0 Å². The van der Waals surface area contributed by atoms with E-state index in [9.17, 15) is 0 Å². The molecule has 0 fully saturated rings. The summed E-state index contributed by atoms with van der Waals surface area (Å²) in [6.45, 7) is 11.8. The van der Waals surface area contributed by atoms with Gasteiger partial charge in [0.15, 0.2) is 0 Å². The first-order valence-electron chi connectivity index (χ1n) is 13.4. The highest BCUT2D eigenvalue weighted by atomic mass is 15.2. The van der Waals surface area contributed by atoms with Crippen LogP contribution in [0.1, 0.15) is 109 Å². The van der Waals surface area contributed by atoms with Crippen molar-refractivity contribution in [2.24, 2.45) is 11.8 Å². The summed E-state index contributed by atoms with van der Waals surface area (Å²) in [6, 6.07) is 22.7. The number of benzene rings is 2. The molecule has 1 nitrogen and oxygen atoms in total. The lowest BCUT2D eigenvalue weighted by molar-refractivity contribution is 0.214. The number of nitrogens with zero attached hydrogens (tertiary/aromatic N) is 1. The van der Waals surface area contributed by atoms with Crippen molar-refractivity contribution in [1.29, 1.82) is 0 Å². The SMILES string of the molecule is CC(C)CCCCCCN(CCCCCCC(C)C)C(c1ccccc1)c1ccccc1. The molecule has 0 aliphatic rings. The molecule has 0 bridgehead atoms. The Labute approximate surface area is 199 Å².